The summed E-state index contributed by atoms with van der Waals surface area (Å²) in [4.78, 5) is 16.4. The number of para-hydroxylation sites is 1. The molecule has 152 valence electrons. The van der Waals surface area contributed by atoms with Crippen molar-refractivity contribution in [2.24, 2.45) is 15.9 Å². The minimum atomic E-state index is -0.147. The number of benzene rings is 1. The molecule has 0 aliphatic carbocycles. The molecule has 1 saturated heterocycles. The van der Waals surface area contributed by atoms with Crippen LogP contribution in [0.25, 0.3) is 0 Å². The minimum Gasteiger partial charge on any atom is -0.496 e. The maximum atomic E-state index is 5.54. The highest BCUT2D eigenvalue weighted by Gasteiger charge is 2.44. The van der Waals surface area contributed by atoms with E-state index in [1.807, 2.05) is 24.4 Å². The van der Waals surface area contributed by atoms with Gasteiger partial charge in [-0.1, -0.05) is 24.3 Å². The van der Waals surface area contributed by atoms with E-state index in [2.05, 4.69) is 59.2 Å². The normalized spacial score (nSPS) is 24.5. The van der Waals surface area contributed by atoms with Crippen molar-refractivity contribution in [2.75, 3.05) is 25.1 Å². The lowest BCUT2D eigenvalue weighted by Gasteiger charge is -2.45. The number of anilines is 1. The number of hydrogen-bond donors (Lipinski definition) is 1. The number of piperidine rings is 1. The maximum absolute atomic E-state index is 5.54. The summed E-state index contributed by atoms with van der Waals surface area (Å²) in [7, 11) is 1.71. The van der Waals surface area contributed by atoms with Crippen LogP contribution in [0.1, 0.15) is 37.4 Å². The summed E-state index contributed by atoms with van der Waals surface area (Å²) in [6, 6.07) is 12.4. The Balaban J connectivity index is 1.56. The average Bonchev–Trinajstić information content (AvgIpc) is 2.74. The van der Waals surface area contributed by atoms with Gasteiger partial charge in [0.15, 0.2) is 0 Å². The third-order valence-corrected chi connectivity index (χ3v) is 6.11. The minimum absolute atomic E-state index is 0.0773. The summed E-state index contributed by atoms with van der Waals surface area (Å²) < 4.78 is 5.54. The van der Waals surface area contributed by atoms with Gasteiger partial charge in [-0.3, -0.25) is 4.99 Å². The molecule has 0 bridgehead atoms. The number of aromatic nitrogens is 1. The molecular formula is C23H29N5O. The first kappa shape index (κ1) is 19.4. The number of aryl methyl sites for hydroxylation is 1. The number of hydrogen-bond acceptors (Lipinski definition) is 6. The van der Waals surface area contributed by atoms with Crippen LogP contribution in [0, 0.1) is 12.8 Å². The van der Waals surface area contributed by atoms with Crippen LogP contribution in [-0.2, 0) is 0 Å². The number of rotatable bonds is 4. The molecule has 3 atom stereocenters. The Bertz CT molecular complexity index is 923. The molecule has 2 aromatic rings. The van der Waals surface area contributed by atoms with E-state index in [9.17, 15) is 0 Å². The third kappa shape index (κ3) is 3.84. The van der Waals surface area contributed by atoms with Crippen LogP contribution in [0.2, 0.25) is 0 Å². The van der Waals surface area contributed by atoms with Gasteiger partial charge in [0.25, 0.3) is 0 Å². The largest absolute Gasteiger partial charge is 0.496 e. The molecule has 6 nitrogen and oxygen atoms in total. The number of fused-ring (bicyclic) bond motifs is 1. The van der Waals surface area contributed by atoms with Crippen LogP contribution in [-0.4, -0.2) is 42.9 Å². The smallest absolute Gasteiger partial charge is 0.128 e. The van der Waals surface area contributed by atoms with Gasteiger partial charge in [-0.2, -0.15) is 0 Å². The summed E-state index contributed by atoms with van der Waals surface area (Å²) in [5, 5.41) is 3.65. The Hall–Kier alpha value is -2.89. The van der Waals surface area contributed by atoms with Gasteiger partial charge in [0.2, 0.25) is 0 Å². The highest BCUT2D eigenvalue weighted by molar-refractivity contribution is 5.94. The maximum Gasteiger partial charge on any atom is 0.128 e. The van der Waals surface area contributed by atoms with Crippen molar-refractivity contribution in [1.82, 2.24) is 10.3 Å². The summed E-state index contributed by atoms with van der Waals surface area (Å²) in [5.74, 6) is 3.07. The van der Waals surface area contributed by atoms with Gasteiger partial charge >= 0.3 is 0 Å². The molecule has 2 aliphatic heterocycles. The van der Waals surface area contributed by atoms with Crippen LogP contribution in [0.4, 0.5) is 5.82 Å². The summed E-state index contributed by atoms with van der Waals surface area (Å²) in [6.07, 6.45) is 4.61. The first-order chi connectivity index (χ1) is 14.0. The summed E-state index contributed by atoms with van der Waals surface area (Å²) >= 11 is 0. The standard InChI is InChI=1S/C23H29N5O/c1-16-9-10-21(24-13-16)28-12-11-23(3)19(14-28)22(25-15-26-23)27-17(2)18-7-5-6-8-20(18)29-4/h5-10,13,15,17,19H,11-12,14H2,1-4H3,(H,25,26,27). The zero-order valence-corrected chi connectivity index (χ0v) is 17.6. The van der Waals surface area contributed by atoms with E-state index in [0.717, 1.165) is 42.5 Å². The molecule has 0 saturated carbocycles. The van der Waals surface area contributed by atoms with E-state index in [1.165, 1.54) is 5.56 Å². The zero-order chi connectivity index (χ0) is 20.4. The predicted molar refractivity (Wildman–Crippen MR) is 118 cm³/mol. The summed E-state index contributed by atoms with van der Waals surface area (Å²) in [5.41, 5.74) is 2.15. The van der Waals surface area contributed by atoms with Gasteiger partial charge in [0.05, 0.1) is 24.6 Å². The van der Waals surface area contributed by atoms with Gasteiger partial charge in [0, 0.05) is 24.8 Å². The van der Waals surface area contributed by atoms with Crippen molar-refractivity contribution < 1.29 is 4.74 Å². The SMILES string of the molecule is COc1ccccc1C(C)NC1=NC=NC2(C)CCN(c3ccc(C)cn3)CC12. The van der Waals surface area contributed by atoms with Gasteiger partial charge < -0.3 is 15.0 Å². The molecule has 1 aromatic heterocycles. The highest BCUT2D eigenvalue weighted by Crippen LogP contribution is 2.36. The quantitative estimate of drug-likeness (QED) is 0.862. The van der Waals surface area contributed by atoms with Gasteiger partial charge in [-0.15, -0.1) is 0 Å². The van der Waals surface area contributed by atoms with E-state index in [1.54, 1.807) is 13.4 Å². The zero-order valence-electron chi connectivity index (χ0n) is 17.6. The molecule has 2 aliphatic rings. The van der Waals surface area contributed by atoms with Crippen molar-refractivity contribution in [3.63, 3.8) is 0 Å². The monoisotopic (exact) mass is 391 g/mol. The second-order valence-electron chi connectivity index (χ2n) is 8.17. The van der Waals surface area contributed by atoms with Crippen molar-refractivity contribution in [2.45, 2.75) is 38.8 Å². The lowest BCUT2D eigenvalue weighted by atomic mass is 9.78. The lowest BCUT2D eigenvalue weighted by molar-refractivity contribution is 0.301. The Kier molecular flexibility index (Phi) is 5.26. The van der Waals surface area contributed by atoms with E-state index < -0.39 is 0 Å². The van der Waals surface area contributed by atoms with Gasteiger partial charge in [-0.05, 0) is 44.9 Å². The van der Waals surface area contributed by atoms with Gasteiger partial charge in [0.1, 0.15) is 23.7 Å². The highest BCUT2D eigenvalue weighted by atomic mass is 16.5. The Morgan fingerprint density at radius 2 is 2.07 bits per heavy atom. The number of methoxy groups -OCH3 is 1. The molecule has 3 unspecified atom stereocenters. The third-order valence-electron chi connectivity index (χ3n) is 6.11. The molecule has 1 fully saturated rings. The van der Waals surface area contributed by atoms with E-state index in [0.29, 0.717) is 0 Å². The first-order valence-electron chi connectivity index (χ1n) is 10.2. The van der Waals surface area contributed by atoms with Crippen molar-refractivity contribution in [1.29, 1.82) is 0 Å². The first-order valence-corrected chi connectivity index (χ1v) is 10.2. The Labute approximate surface area is 172 Å². The molecule has 0 spiro atoms. The van der Waals surface area contributed by atoms with Crippen molar-refractivity contribution in [3.8, 4) is 5.75 Å². The van der Waals surface area contributed by atoms with Crippen molar-refractivity contribution in [3.05, 3.63) is 53.7 Å². The van der Waals surface area contributed by atoms with Crippen LogP contribution >= 0.6 is 0 Å². The van der Waals surface area contributed by atoms with Crippen LogP contribution in [0.5, 0.6) is 5.75 Å². The van der Waals surface area contributed by atoms with Crippen LogP contribution < -0.4 is 15.0 Å². The van der Waals surface area contributed by atoms with E-state index in [-0.39, 0.29) is 17.5 Å². The topological polar surface area (TPSA) is 62.1 Å². The fourth-order valence-corrected chi connectivity index (χ4v) is 4.21. The molecule has 1 aromatic carbocycles. The number of nitrogens with zero attached hydrogens (tertiary/aromatic N) is 4. The fraction of sp³-hybridized carbons (Fsp3) is 0.435. The molecule has 0 amide bonds. The second kappa shape index (κ2) is 7.85. The molecule has 1 N–H and O–H groups in total. The molecule has 3 heterocycles. The Morgan fingerprint density at radius 3 is 2.83 bits per heavy atom. The molecule has 29 heavy (non-hydrogen) atoms. The van der Waals surface area contributed by atoms with Crippen molar-refractivity contribution >= 4 is 18.0 Å². The lowest BCUT2D eigenvalue weighted by Crippen LogP contribution is -2.57. The van der Waals surface area contributed by atoms with E-state index in [4.69, 9.17) is 9.73 Å². The molecular weight excluding hydrogens is 362 g/mol. The molecule has 6 heteroatoms. The fourth-order valence-electron chi connectivity index (χ4n) is 4.21. The average molecular weight is 392 g/mol. The number of pyridine rings is 1. The molecule has 0 radical (unpaired) electrons. The second-order valence-corrected chi connectivity index (χ2v) is 8.17. The summed E-state index contributed by atoms with van der Waals surface area (Å²) in [6.45, 7) is 8.22. The Morgan fingerprint density at radius 1 is 1.24 bits per heavy atom. The number of ether oxygens (including phenoxy) is 1. The number of aliphatic imine (C=N–C) groups is 2. The number of nitrogens with one attached hydrogen (secondary N) is 1. The van der Waals surface area contributed by atoms with E-state index >= 15 is 0 Å². The van der Waals surface area contributed by atoms with Gasteiger partial charge in [-0.25, -0.2) is 9.98 Å². The predicted octanol–water partition coefficient (Wildman–Crippen LogP) is 3.77. The van der Waals surface area contributed by atoms with Crippen LogP contribution in [0.3, 0.4) is 0 Å². The van der Waals surface area contributed by atoms with Crippen LogP contribution in [0.15, 0.2) is 52.6 Å². The number of amidine groups is 1. The molecule has 4 rings (SSSR count).